The molecule has 0 saturated carbocycles. The molecular formula is C29H27N5O4. The maximum Gasteiger partial charge on any atom is 0.253 e. The summed E-state index contributed by atoms with van der Waals surface area (Å²) in [5.41, 5.74) is 2.07. The van der Waals surface area contributed by atoms with Gasteiger partial charge in [-0.1, -0.05) is 49.4 Å². The highest BCUT2D eigenvalue weighted by Crippen LogP contribution is 2.30. The van der Waals surface area contributed by atoms with Crippen LogP contribution in [0.3, 0.4) is 0 Å². The van der Waals surface area contributed by atoms with Crippen LogP contribution in [0.5, 0.6) is 5.75 Å². The number of phenols is 1. The number of benzene rings is 3. The van der Waals surface area contributed by atoms with Gasteiger partial charge in [0.1, 0.15) is 17.1 Å². The van der Waals surface area contributed by atoms with E-state index in [1.54, 1.807) is 36.4 Å². The highest BCUT2D eigenvalue weighted by Gasteiger charge is 2.24. The number of carbonyl (C=O) groups excluding carboxylic acids is 1. The normalized spacial score (nSPS) is 12.8. The fourth-order valence-corrected chi connectivity index (χ4v) is 4.54. The highest BCUT2D eigenvalue weighted by atomic mass is 16.3. The molecule has 9 heteroatoms. The minimum atomic E-state index is -0.620. The molecule has 0 aliphatic carbocycles. The number of nitrogens with one attached hydrogen (secondary N) is 4. The summed E-state index contributed by atoms with van der Waals surface area (Å²) in [6.45, 7) is 3.79. The Morgan fingerprint density at radius 3 is 2.42 bits per heavy atom. The number of H-pyrrole nitrogens is 1. The van der Waals surface area contributed by atoms with Gasteiger partial charge in [-0.2, -0.15) is 5.10 Å². The molecule has 9 nitrogen and oxygen atoms in total. The summed E-state index contributed by atoms with van der Waals surface area (Å²) in [5, 5.41) is 26.6. The molecule has 1 amide bonds. The number of aromatic amines is 1. The molecule has 1 unspecified atom stereocenters. The van der Waals surface area contributed by atoms with Gasteiger partial charge in [0.15, 0.2) is 5.82 Å². The second-order valence-corrected chi connectivity index (χ2v) is 9.19. The van der Waals surface area contributed by atoms with Crippen LogP contribution < -0.4 is 26.8 Å². The molecule has 2 atom stereocenters. The third-order valence-electron chi connectivity index (χ3n) is 6.64. The lowest BCUT2D eigenvalue weighted by Gasteiger charge is -2.20. The van der Waals surface area contributed by atoms with Crippen molar-refractivity contribution in [2.24, 2.45) is 0 Å². The first-order valence-corrected chi connectivity index (χ1v) is 12.4. The monoisotopic (exact) mass is 509 g/mol. The quantitative estimate of drug-likeness (QED) is 0.178. The van der Waals surface area contributed by atoms with Crippen molar-refractivity contribution in [3.8, 4) is 5.75 Å². The Hall–Kier alpha value is -4.92. The molecule has 0 aliphatic heterocycles. The van der Waals surface area contributed by atoms with Crippen LogP contribution in [-0.2, 0) is 4.79 Å². The fraction of sp³-hybridized carbons (Fsp3) is 0.172. The summed E-state index contributed by atoms with van der Waals surface area (Å²) < 4.78 is 0. The Kier molecular flexibility index (Phi) is 6.66. The number of hydrogen-bond acceptors (Lipinski definition) is 7. The van der Waals surface area contributed by atoms with Crippen LogP contribution >= 0.6 is 0 Å². The van der Waals surface area contributed by atoms with Gasteiger partial charge in [-0.3, -0.25) is 19.5 Å². The van der Waals surface area contributed by atoms with Crippen molar-refractivity contribution in [3.63, 3.8) is 0 Å². The molecule has 0 radical (unpaired) electrons. The average Bonchev–Trinajstić information content (AvgIpc) is 3.33. The number of aromatic hydroxyl groups is 1. The number of hydrogen-bond donors (Lipinski definition) is 5. The molecule has 5 aromatic rings. The molecule has 1 heterocycles. The van der Waals surface area contributed by atoms with Gasteiger partial charge in [0.05, 0.1) is 11.4 Å². The van der Waals surface area contributed by atoms with Crippen LogP contribution in [0.1, 0.15) is 43.4 Å². The number of aromatic nitrogens is 2. The number of anilines is 4. The lowest BCUT2D eigenvalue weighted by atomic mass is 9.95. The molecule has 5 rings (SSSR count). The first kappa shape index (κ1) is 24.8. The zero-order chi connectivity index (χ0) is 26.8. The lowest BCUT2D eigenvalue weighted by molar-refractivity contribution is -0.117. The van der Waals surface area contributed by atoms with Crippen molar-refractivity contribution < 1.29 is 9.90 Å². The molecule has 0 bridgehead atoms. The van der Waals surface area contributed by atoms with Crippen LogP contribution in [-0.4, -0.2) is 21.2 Å². The van der Waals surface area contributed by atoms with Crippen molar-refractivity contribution in [2.75, 3.05) is 16.0 Å². The second kappa shape index (κ2) is 10.2. The van der Waals surface area contributed by atoms with Crippen molar-refractivity contribution in [2.45, 2.75) is 32.2 Å². The smallest absolute Gasteiger partial charge is 0.253 e. The summed E-state index contributed by atoms with van der Waals surface area (Å²) in [6, 6.07) is 21.2. The predicted octanol–water partition coefficient (Wildman–Crippen LogP) is 4.91. The van der Waals surface area contributed by atoms with E-state index in [-0.39, 0.29) is 35.0 Å². The van der Waals surface area contributed by atoms with Crippen LogP contribution in [0.15, 0.2) is 82.4 Å². The van der Waals surface area contributed by atoms with E-state index in [9.17, 15) is 19.5 Å². The first-order valence-electron chi connectivity index (χ1n) is 12.4. The Balaban J connectivity index is 1.36. The Morgan fingerprint density at radius 1 is 0.947 bits per heavy atom. The molecule has 1 aromatic heterocycles. The van der Waals surface area contributed by atoms with E-state index >= 15 is 0 Å². The lowest BCUT2D eigenvalue weighted by Crippen LogP contribution is -2.37. The SMILES string of the molecule is CCC(C(=O)Nc1n[nH]c2ccc(Nc3c(N[C@H](C)c4cccc(O)c4)c(=O)c3=O)cc12)c1ccccc1. The number of nitrogens with zero attached hydrogens (tertiary/aromatic N) is 1. The van der Waals surface area contributed by atoms with Gasteiger partial charge in [0, 0.05) is 17.1 Å². The second-order valence-electron chi connectivity index (χ2n) is 9.19. The maximum atomic E-state index is 13.1. The van der Waals surface area contributed by atoms with Crippen molar-refractivity contribution in [3.05, 3.63) is 104 Å². The predicted molar refractivity (Wildman–Crippen MR) is 149 cm³/mol. The van der Waals surface area contributed by atoms with E-state index in [1.165, 1.54) is 0 Å². The van der Waals surface area contributed by atoms with Gasteiger partial charge in [-0.15, -0.1) is 0 Å². The van der Waals surface area contributed by atoms with Crippen LogP contribution in [0.25, 0.3) is 10.9 Å². The van der Waals surface area contributed by atoms with Crippen molar-refractivity contribution >= 4 is 39.7 Å². The molecular weight excluding hydrogens is 482 g/mol. The van der Waals surface area contributed by atoms with E-state index in [2.05, 4.69) is 26.1 Å². The topological polar surface area (TPSA) is 136 Å². The largest absolute Gasteiger partial charge is 0.508 e. The highest BCUT2D eigenvalue weighted by molar-refractivity contribution is 6.03. The zero-order valence-corrected chi connectivity index (χ0v) is 20.9. The van der Waals surface area contributed by atoms with Gasteiger partial charge in [0.2, 0.25) is 5.91 Å². The number of amides is 1. The van der Waals surface area contributed by atoms with E-state index < -0.39 is 10.9 Å². The van der Waals surface area contributed by atoms with Crippen LogP contribution in [0.4, 0.5) is 22.9 Å². The van der Waals surface area contributed by atoms with Gasteiger partial charge in [-0.25, -0.2) is 0 Å². The van der Waals surface area contributed by atoms with E-state index in [0.29, 0.717) is 28.8 Å². The third kappa shape index (κ3) is 4.73. The molecule has 0 aliphatic rings. The average molecular weight is 510 g/mol. The van der Waals surface area contributed by atoms with Crippen molar-refractivity contribution in [1.29, 1.82) is 0 Å². The minimum Gasteiger partial charge on any atom is -0.508 e. The summed E-state index contributed by atoms with van der Waals surface area (Å²) in [5.74, 6) is 0.00392. The van der Waals surface area contributed by atoms with Gasteiger partial charge in [-0.05, 0) is 54.8 Å². The van der Waals surface area contributed by atoms with Crippen LogP contribution in [0.2, 0.25) is 0 Å². The number of phenolic OH excluding ortho intramolecular Hbond substituents is 1. The Morgan fingerprint density at radius 2 is 1.68 bits per heavy atom. The summed E-state index contributed by atoms with van der Waals surface area (Å²) >= 11 is 0. The van der Waals surface area contributed by atoms with E-state index in [1.807, 2.05) is 50.2 Å². The first-order chi connectivity index (χ1) is 18.4. The number of carbonyl (C=O) groups is 1. The summed E-state index contributed by atoms with van der Waals surface area (Å²) in [4.78, 5) is 37.8. The van der Waals surface area contributed by atoms with E-state index in [0.717, 1.165) is 11.1 Å². The summed E-state index contributed by atoms with van der Waals surface area (Å²) in [6.07, 6.45) is 0.631. The summed E-state index contributed by atoms with van der Waals surface area (Å²) in [7, 11) is 0. The Bertz CT molecular complexity index is 1690. The molecule has 0 fully saturated rings. The van der Waals surface area contributed by atoms with Crippen LogP contribution in [0, 0.1) is 0 Å². The molecule has 4 aromatic carbocycles. The molecule has 5 N–H and O–H groups in total. The van der Waals surface area contributed by atoms with E-state index in [4.69, 9.17) is 0 Å². The number of fused-ring (bicyclic) bond motifs is 1. The Labute approximate surface area is 218 Å². The molecule has 38 heavy (non-hydrogen) atoms. The minimum absolute atomic E-state index is 0.116. The zero-order valence-electron chi connectivity index (χ0n) is 20.9. The standard InChI is InChI=1S/C29H27N5O4/c1-3-21(17-8-5-4-6-9-17)29(38)32-28-22-15-19(12-13-23(22)33-34-28)31-25-24(26(36)27(25)37)30-16(2)18-10-7-11-20(35)14-18/h4-16,21,30-31,35H,3H2,1-2H3,(H2,32,33,34,38)/t16-,21?/m1/s1. The number of rotatable bonds is 9. The van der Waals surface area contributed by atoms with Gasteiger partial charge in [0.25, 0.3) is 10.9 Å². The molecule has 192 valence electrons. The maximum absolute atomic E-state index is 13.1. The fourth-order valence-electron chi connectivity index (χ4n) is 4.54. The van der Waals surface area contributed by atoms with Gasteiger partial charge < -0.3 is 21.1 Å². The van der Waals surface area contributed by atoms with Gasteiger partial charge >= 0.3 is 0 Å². The third-order valence-corrected chi connectivity index (χ3v) is 6.64. The van der Waals surface area contributed by atoms with Crippen molar-refractivity contribution in [1.82, 2.24) is 10.2 Å². The molecule has 0 spiro atoms. The molecule has 0 saturated heterocycles.